The predicted octanol–water partition coefficient (Wildman–Crippen LogP) is 4.08. The number of thioether (sulfide) groups is 1. The number of hydrogen-bond donors (Lipinski definition) is 0. The first-order valence-electron chi connectivity index (χ1n) is 9.70. The maximum atomic E-state index is 13.7. The van der Waals surface area contributed by atoms with Crippen LogP contribution in [0, 0.1) is 13.8 Å². The Kier molecular flexibility index (Phi) is 5.61. The van der Waals surface area contributed by atoms with Crippen LogP contribution in [0.1, 0.15) is 34.4 Å². The minimum absolute atomic E-state index is 0.0387. The molecular weight excluding hydrogens is 424 g/mol. The molecule has 0 bridgehead atoms. The van der Waals surface area contributed by atoms with Crippen molar-refractivity contribution < 1.29 is 8.42 Å². The van der Waals surface area contributed by atoms with E-state index in [0.29, 0.717) is 10.9 Å². The molecule has 29 heavy (non-hydrogen) atoms. The Morgan fingerprint density at radius 1 is 1.21 bits per heavy atom. The summed E-state index contributed by atoms with van der Waals surface area (Å²) in [6, 6.07) is 6.01. The lowest BCUT2D eigenvalue weighted by atomic mass is 9.97. The molecule has 0 unspecified atom stereocenters. The Balaban J connectivity index is 1.92. The van der Waals surface area contributed by atoms with Gasteiger partial charge in [-0.25, -0.2) is 13.4 Å². The molecule has 0 aliphatic heterocycles. The van der Waals surface area contributed by atoms with Crippen molar-refractivity contribution in [2.75, 3.05) is 17.8 Å². The minimum atomic E-state index is -3.07. The second kappa shape index (κ2) is 7.89. The molecule has 1 aliphatic rings. The summed E-state index contributed by atoms with van der Waals surface area (Å²) >= 11 is 2.96. The molecule has 0 N–H and O–H groups in total. The summed E-state index contributed by atoms with van der Waals surface area (Å²) in [5, 5.41) is 1.31. The second-order valence-corrected chi connectivity index (χ2v) is 12.1. The fourth-order valence-electron chi connectivity index (χ4n) is 3.84. The second-order valence-electron chi connectivity index (χ2n) is 7.69. The summed E-state index contributed by atoms with van der Waals surface area (Å²) in [4.78, 5) is 20.6. The molecule has 1 aliphatic carbocycles. The van der Waals surface area contributed by atoms with Crippen molar-refractivity contribution in [3.05, 3.63) is 50.1 Å². The van der Waals surface area contributed by atoms with E-state index in [0.717, 1.165) is 52.7 Å². The highest BCUT2D eigenvalue weighted by molar-refractivity contribution is 8.00. The SMILES string of the molecule is Cc1ccc(-n2c(SCCS(C)(=O)=O)nc3sc4c(c3c2=O)CCCC4)c(C)c1. The molecule has 0 radical (unpaired) electrons. The Bertz CT molecular complexity index is 1260. The van der Waals surface area contributed by atoms with Crippen molar-refractivity contribution in [3.63, 3.8) is 0 Å². The third-order valence-corrected chi connectivity index (χ3v) is 8.57. The molecule has 0 amide bonds. The number of aryl methyl sites for hydroxylation is 4. The van der Waals surface area contributed by atoms with Crippen LogP contribution in [-0.4, -0.2) is 35.7 Å². The normalized spacial score (nSPS) is 14.3. The van der Waals surface area contributed by atoms with E-state index in [1.807, 2.05) is 26.0 Å². The Morgan fingerprint density at radius 3 is 2.69 bits per heavy atom. The highest BCUT2D eigenvalue weighted by Crippen LogP contribution is 2.35. The van der Waals surface area contributed by atoms with E-state index in [1.54, 1.807) is 15.9 Å². The zero-order valence-corrected chi connectivity index (χ0v) is 19.3. The first-order chi connectivity index (χ1) is 13.7. The van der Waals surface area contributed by atoms with Crippen LogP contribution >= 0.6 is 23.1 Å². The molecule has 0 saturated heterocycles. The number of rotatable bonds is 5. The van der Waals surface area contributed by atoms with E-state index in [1.165, 1.54) is 28.5 Å². The number of fused-ring (bicyclic) bond motifs is 3. The standard InChI is InChI=1S/C21H24N2O3S3/c1-13-8-9-16(14(2)12-13)23-20(24)18-15-6-4-5-7-17(15)28-19(18)22-21(23)27-10-11-29(3,25)26/h8-9,12H,4-7,10-11H2,1-3H3. The lowest BCUT2D eigenvalue weighted by Crippen LogP contribution is -2.23. The third-order valence-electron chi connectivity index (χ3n) is 5.24. The quantitative estimate of drug-likeness (QED) is 0.435. The van der Waals surface area contributed by atoms with Gasteiger partial charge >= 0.3 is 0 Å². The molecule has 0 saturated carbocycles. The van der Waals surface area contributed by atoms with Crippen molar-refractivity contribution in [2.45, 2.75) is 44.7 Å². The number of aromatic nitrogens is 2. The van der Waals surface area contributed by atoms with Crippen LogP contribution in [0.15, 0.2) is 28.2 Å². The molecule has 2 heterocycles. The van der Waals surface area contributed by atoms with Crippen molar-refractivity contribution in [1.82, 2.24) is 9.55 Å². The molecule has 1 aromatic carbocycles. The van der Waals surface area contributed by atoms with Crippen LogP contribution in [0.4, 0.5) is 0 Å². The van der Waals surface area contributed by atoms with Gasteiger partial charge in [-0.05, 0) is 56.7 Å². The number of thiophene rings is 1. The summed E-state index contributed by atoms with van der Waals surface area (Å²) in [5.41, 5.74) is 4.07. The Hall–Kier alpha value is -1.64. The highest BCUT2D eigenvalue weighted by Gasteiger charge is 2.23. The monoisotopic (exact) mass is 448 g/mol. The molecular formula is C21H24N2O3S3. The fraction of sp³-hybridized carbons (Fsp3) is 0.429. The summed E-state index contributed by atoms with van der Waals surface area (Å²) < 4.78 is 24.8. The minimum Gasteiger partial charge on any atom is -0.268 e. The predicted molar refractivity (Wildman–Crippen MR) is 122 cm³/mol. The van der Waals surface area contributed by atoms with Crippen LogP contribution in [0.3, 0.4) is 0 Å². The first-order valence-corrected chi connectivity index (χ1v) is 13.6. The fourth-order valence-corrected chi connectivity index (χ4v) is 7.34. The van der Waals surface area contributed by atoms with Crippen LogP contribution in [0.5, 0.6) is 0 Å². The van der Waals surface area contributed by atoms with Gasteiger partial charge in [-0.3, -0.25) is 9.36 Å². The van der Waals surface area contributed by atoms with Gasteiger partial charge < -0.3 is 0 Å². The molecule has 4 rings (SSSR count). The van der Waals surface area contributed by atoms with Crippen molar-refractivity contribution in [3.8, 4) is 5.69 Å². The van der Waals surface area contributed by atoms with Crippen LogP contribution in [0.2, 0.25) is 0 Å². The Labute approximate surface area is 179 Å². The molecule has 154 valence electrons. The van der Waals surface area contributed by atoms with Gasteiger partial charge in [-0.2, -0.15) is 0 Å². The van der Waals surface area contributed by atoms with Crippen LogP contribution in [0.25, 0.3) is 15.9 Å². The average Bonchev–Trinajstić information content (AvgIpc) is 3.00. The van der Waals surface area contributed by atoms with Gasteiger partial charge in [0.05, 0.1) is 16.8 Å². The van der Waals surface area contributed by atoms with Gasteiger partial charge in [0.15, 0.2) is 5.16 Å². The van der Waals surface area contributed by atoms with E-state index >= 15 is 0 Å². The maximum Gasteiger partial charge on any atom is 0.267 e. The lowest BCUT2D eigenvalue weighted by Gasteiger charge is -2.15. The van der Waals surface area contributed by atoms with Crippen LogP contribution < -0.4 is 5.56 Å². The smallest absolute Gasteiger partial charge is 0.267 e. The Morgan fingerprint density at radius 2 is 1.97 bits per heavy atom. The van der Waals surface area contributed by atoms with E-state index in [-0.39, 0.29) is 11.3 Å². The largest absolute Gasteiger partial charge is 0.268 e. The lowest BCUT2D eigenvalue weighted by molar-refractivity contribution is 0.603. The number of sulfone groups is 1. The third kappa shape index (κ3) is 4.15. The van der Waals surface area contributed by atoms with Crippen molar-refractivity contribution in [2.24, 2.45) is 0 Å². The van der Waals surface area contributed by atoms with Crippen LogP contribution in [-0.2, 0) is 22.7 Å². The maximum absolute atomic E-state index is 13.7. The number of benzene rings is 1. The topological polar surface area (TPSA) is 69.0 Å². The number of hydrogen-bond acceptors (Lipinski definition) is 6. The summed E-state index contributed by atoms with van der Waals surface area (Å²) in [6.45, 7) is 4.02. The number of nitrogens with zero attached hydrogens (tertiary/aromatic N) is 2. The first kappa shape index (κ1) is 20.6. The highest BCUT2D eigenvalue weighted by atomic mass is 32.2. The summed E-state index contributed by atoms with van der Waals surface area (Å²) in [6.07, 6.45) is 5.43. The average molecular weight is 449 g/mol. The van der Waals surface area contributed by atoms with E-state index in [9.17, 15) is 13.2 Å². The van der Waals surface area contributed by atoms with Gasteiger partial charge in [0, 0.05) is 16.9 Å². The molecule has 8 heteroatoms. The van der Waals surface area contributed by atoms with E-state index in [2.05, 4.69) is 6.07 Å². The zero-order chi connectivity index (χ0) is 20.8. The van der Waals surface area contributed by atoms with E-state index < -0.39 is 9.84 Å². The molecule has 5 nitrogen and oxygen atoms in total. The van der Waals surface area contributed by atoms with Gasteiger partial charge in [0.2, 0.25) is 0 Å². The summed E-state index contributed by atoms with van der Waals surface area (Å²) in [7, 11) is -3.07. The van der Waals surface area contributed by atoms with Gasteiger partial charge in [0.25, 0.3) is 5.56 Å². The van der Waals surface area contributed by atoms with Gasteiger partial charge in [0.1, 0.15) is 14.7 Å². The molecule has 3 aromatic rings. The molecule has 0 fully saturated rings. The molecule has 2 aromatic heterocycles. The molecule has 0 atom stereocenters. The van der Waals surface area contributed by atoms with Crippen molar-refractivity contribution >= 4 is 43.2 Å². The van der Waals surface area contributed by atoms with Gasteiger partial charge in [-0.15, -0.1) is 11.3 Å². The van der Waals surface area contributed by atoms with Gasteiger partial charge in [-0.1, -0.05) is 29.5 Å². The zero-order valence-electron chi connectivity index (χ0n) is 16.8. The van der Waals surface area contributed by atoms with Crippen molar-refractivity contribution in [1.29, 1.82) is 0 Å². The molecule has 0 spiro atoms. The van der Waals surface area contributed by atoms with E-state index in [4.69, 9.17) is 4.98 Å². The summed E-state index contributed by atoms with van der Waals surface area (Å²) in [5.74, 6) is 0.423.